The molecule has 1 aliphatic heterocycles. The number of amides is 2. The first-order chi connectivity index (χ1) is 13.1. The lowest BCUT2D eigenvalue weighted by Crippen LogP contribution is -2.44. The summed E-state index contributed by atoms with van der Waals surface area (Å²) >= 11 is 0. The van der Waals surface area contributed by atoms with Crippen molar-refractivity contribution in [1.82, 2.24) is 5.32 Å². The van der Waals surface area contributed by atoms with Gasteiger partial charge in [0.1, 0.15) is 5.75 Å². The van der Waals surface area contributed by atoms with E-state index in [0.717, 1.165) is 24.3 Å². The number of carbonyl (C=O) groups excluding carboxylic acids is 2. The van der Waals surface area contributed by atoms with E-state index in [2.05, 4.69) is 5.32 Å². The van der Waals surface area contributed by atoms with Crippen molar-refractivity contribution >= 4 is 17.5 Å². The third-order valence-electron chi connectivity index (χ3n) is 5.87. The van der Waals surface area contributed by atoms with Crippen molar-refractivity contribution in [3.05, 3.63) is 24.3 Å². The smallest absolute Gasteiger partial charge is 0.227 e. The highest BCUT2D eigenvalue weighted by Gasteiger charge is 2.36. The van der Waals surface area contributed by atoms with Gasteiger partial charge < -0.3 is 20.1 Å². The van der Waals surface area contributed by atoms with E-state index in [1.165, 1.54) is 19.3 Å². The van der Waals surface area contributed by atoms with Crippen LogP contribution in [0, 0.1) is 11.8 Å². The highest BCUT2D eigenvalue weighted by molar-refractivity contribution is 6.00. The zero-order valence-electron chi connectivity index (χ0n) is 16.0. The Balaban J connectivity index is 1.61. The van der Waals surface area contributed by atoms with E-state index in [0.29, 0.717) is 18.9 Å². The van der Waals surface area contributed by atoms with Crippen molar-refractivity contribution in [2.24, 2.45) is 11.8 Å². The van der Waals surface area contributed by atoms with Crippen molar-refractivity contribution in [3.63, 3.8) is 0 Å². The van der Waals surface area contributed by atoms with Gasteiger partial charge in [0.25, 0.3) is 0 Å². The fourth-order valence-corrected chi connectivity index (χ4v) is 4.30. The van der Waals surface area contributed by atoms with Gasteiger partial charge in [-0.1, -0.05) is 19.3 Å². The number of ether oxygens (including phenoxy) is 1. The second-order valence-corrected chi connectivity index (χ2v) is 7.63. The van der Waals surface area contributed by atoms with Gasteiger partial charge in [-0.3, -0.25) is 9.59 Å². The van der Waals surface area contributed by atoms with Crippen molar-refractivity contribution in [2.45, 2.75) is 51.0 Å². The first kappa shape index (κ1) is 19.7. The summed E-state index contributed by atoms with van der Waals surface area (Å²) in [6.07, 6.45) is 6.65. The minimum absolute atomic E-state index is 0.00735. The minimum Gasteiger partial charge on any atom is -0.497 e. The molecule has 6 nitrogen and oxygen atoms in total. The number of aliphatic hydroxyl groups excluding tert-OH is 1. The first-order valence-electron chi connectivity index (χ1n) is 9.98. The maximum Gasteiger partial charge on any atom is 0.227 e. The molecule has 2 amide bonds. The largest absolute Gasteiger partial charge is 0.497 e. The van der Waals surface area contributed by atoms with Crippen molar-refractivity contribution < 1.29 is 19.4 Å². The average molecular weight is 374 g/mol. The Morgan fingerprint density at radius 2 is 1.96 bits per heavy atom. The van der Waals surface area contributed by atoms with E-state index in [9.17, 15) is 14.7 Å². The normalized spacial score (nSPS) is 21.9. The molecule has 1 aromatic rings. The summed E-state index contributed by atoms with van der Waals surface area (Å²) in [5.74, 6) is 0.730. The van der Waals surface area contributed by atoms with Gasteiger partial charge >= 0.3 is 0 Å². The second kappa shape index (κ2) is 9.22. The van der Waals surface area contributed by atoms with Crippen LogP contribution in [0.3, 0.4) is 0 Å². The van der Waals surface area contributed by atoms with Gasteiger partial charge in [-0.25, -0.2) is 0 Å². The lowest BCUT2D eigenvalue weighted by Gasteiger charge is -2.31. The van der Waals surface area contributed by atoms with Gasteiger partial charge in [-0.15, -0.1) is 0 Å². The van der Waals surface area contributed by atoms with Crippen LogP contribution in [0.5, 0.6) is 5.75 Å². The molecule has 0 bridgehead atoms. The van der Waals surface area contributed by atoms with Crippen LogP contribution in [0.25, 0.3) is 0 Å². The van der Waals surface area contributed by atoms with Crippen LogP contribution in [0.15, 0.2) is 24.3 Å². The minimum atomic E-state index is -0.343. The Kier molecular flexibility index (Phi) is 6.72. The summed E-state index contributed by atoms with van der Waals surface area (Å²) in [7, 11) is 1.60. The first-order valence-corrected chi connectivity index (χ1v) is 9.98. The molecule has 148 valence electrons. The Bertz CT molecular complexity index is 640. The molecule has 0 aromatic heterocycles. The summed E-state index contributed by atoms with van der Waals surface area (Å²) in [4.78, 5) is 26.9. The molecule has 2 N–H and O–H groups in total. The average Bonchev–Trinajstić information content (AvgIpc) is 3.10. The van der Waals surface area contributed by atoms with Crippen LogP contribution in [0.2, 0.25) is 0 Å². The standard InChI is InChI=1S/C21H30N2O4/c1-27-18-9-7-17(8-10-18)23-14-16(13-20(23)25)21(26)22-19(11-12-24)15-5-3-2-4-6-15/h7-10,15-16,19,24H,2-6,11-14H2,1H3,(H,22,26)/t16-,19+/m0/s1. The van der Waals surface area contributed by atoms with Crippen LogP contribution < -0.4 is 15.0 Å². The van der Waals surface area contributed by atoms with Gasteiger partial charge in [-0.2, -0.15) is 0 Å². The number of nitrogens with zero attached hydrogens (tertiary/aromatic N) is 1. The van der Waals surface area contributed by atoms with Gasteiger partial charge in [0.15, 0.2) is 0 Å². The maximum atomic E-state index is 12.8. The SMILES string of the molecule is COc1ccc(N2C[C@@H](C(=O)N[C@H](CCO)C3CCCCC3)CC2=O)cc1. The van der Waals surface area contributed by atoms with Crippen LogP contribution in [-0.2, 0) is 9.59 Å². The van der Waals surface area contributed by atoms with E-state index in [1.54, 1.807) is 12.0 Å². The molecular weight excluding hydrogens is 344 g/mol. The van der Waals surface area contributed by atoms with E-state index in [4.69, 9.17) is 4.74 Å². The number of anilines is 1. The Labute approximate surface area is 160 Å². The topological polar surface area (TPSA) is 78.9 Å². The van der Waals surface area contributed by atoms with E-state index in [-0.39, 0.29) is 36.8 Å². The number of aliphatic hydroxyl groups is 1. The van der Waals surface area contributed by atoms with Crippen LogP contribution in [0.4, 0.5) is 5.69 Å². The molecule has 1 saturated carbocycles. The van der Waals surface area contributed by atoms with Crippen LogP contribution in [-0.4, -0.2) is 43.2 Å². The maximum absolute atomic E-state index is 12.8. The summed E-state index contributed by atoms with van der Waals surface area (Å²) in [6.45, 7) is 0.469. The zero-order chi connectivity index (χ0) is 19.2. The molecule has 6 heteroatoms. The molecule has 2 aliphatic rings. The number of rotatable bonds is 7. The zero-order valence-corrected chi connectivity index (χ0v) is 16.0. The lowest BCUT2D eigenvalue weighted by molar-refractivity contribution is -0.127. The van der Waals surface area contributed by atoms with E-state index < -0.39 is 0 Å². The fraction of sp³-hybridized carbons (Fsp3) is 0.619. The Morgan fingerprint density at radius 3 is 2.59 bits per heavy atom. The highest BCUT2D eigenvalue weighted by atomic mass is 16.5. The summed E-state index contributed by atoms with van der Waals surface area (Å²) in [5.41, 5.74) is 0.787. The molecule has 0 unspecified atom stereocenters. The number of carbonyl (C=O) groups is 2. The summed E-state index contributed by atoms with van der Waals surface area (Å²) in [6, 6.07) is 7.32. The molecule has 3 rings (SSSR count). The molecule has 2 fully saturated rings. The van der Waals surface area contributed by atoms with Crippen LogP contribution in [0.1, 0.15) is 44.9 Å². The second-order valence-electron chi connectivity index (χ2n) is 7.63. The van der Waals surface area contributed by atoms with E-state index >= 15 is 0 Å². The lowest BCUT2D eigenvalue weighted by atomic mass is 9.82. The highest BCUT2D eigenvalue weighted by Crippen LogP contribution is 2.30. The van der Waals surface area contributed by atoms with Gasteiger partial charge in [0, 0.05) is 31.3 Å². The molecule has 2 atom stereocenters. The molecule has 0 radical (unpaired) electrons. The Morgan fingerprint density at radius 1 is 1.26 bits per heavy atom. The van der Waals surface area contributed by atoms with Gasteiger partial charge in [0.05, 0.1) is 13.0 Å². The molecule has 1 aromatic carbocycles. The molecule has 0 spiro atoms. The predicted molar refractivity (Wildman–Crippen MR) is 104 cm³/mol. The number of benzene rings is 1. The number of nitrogens with one attached hydrogen (secondary N) is 1. The fourth-order valence-electron chi connectivity index (χ4n) is 4.30. The van der Waals surface area contributed by atoms with Crippen molar-refractivity contribution in [1.29, 1.82) is 0 Å². The summed E-state index contributed by atoms with van der Waals surface area (Å²) < 4.78 is 5.15. The van der Waals surface area contributed by atoms with Gasteiger partial charge in [0.2, 0.25) is 11.8 Å². The van der Waals surface area contributed by atoms with Crippen molar-refractivity contribution in [2.75, 3.05) is 25.2 Å². The number of methoxy groups -OCH3 is 1. The predicted octanol–water partition coefficient (Wildman–Crippen LogP) is 2.50. The quantitative estimate of drug-likeness (QED) is 0.769. The molecule has 1 heterocycles. The number of hydrogen-bond acceptors (Lipinski definition) is 4. The van der Waals surface area contributed by atoms with E-state index in [1.807, 2.05) is 24.3 Å². The third kappa shape index (κ3) is 4.80. The Hall–Kier alpha value is -2.08. The molecule has 1 aliphatic carbocycles. The van der Waals surface area contributed by atoms with Gasteiger partial charge in [-0.05, 0) is 49.4 Å². The molecular formula is C21H30N2O4. The monoisotopic (exact) mass is 374 g/mol. The summed E-state index contributed by atoms with van der Waals surface area (Å²) in [5, 5.41) is 12.5. The third-order valence-corrected chi connectivity index (χ3v) is 5.87. The molecule has 1 saturated heterocycles. The van der Waals surface area contributed by atoms with Crippen molar-refractivity contribution in [3.8, 4) is 5.75 Å². The van der Waals surface area contributed by atoms with Crippen LogP contribution >= 0.6 is 0 Å². The molecule has 27 heavy (non-hydrogen) atoms. The number of hydrogen-bond donors (Lipinski definition) is 2.